The first-order valence-electron chi connectivity index (χ1n) is 6.47. The fraction of sp³-hybridized carbons (Fsp3) is 0.600. The van der Waals surface area contributed by atoms with Gasteiger partial charge in [-0.2, -0.15) is 0 Å². The number of nitrogens with one attached hydrogen (secondary N) is 1. The summed E-state index contributed by atoms with van der Waals surface area (Å²) in [5.74, 6) is 0.904. The van der Waals surface area contributed by atoms with Gasteiger partial charge in [-0.15, -0.1) is 0 Å². The third-order valence-corrected chi connectivity index (χ3v) is 3.59. The van der Waals surface area contributed by atoms with Crippen molar-refractivity contribution < 1.29 is 0 Å². The first-order chi connectivity index (χ1) is 7.65. The number of rotatable bonds is 5. The fourth-order valence-corrected chi connectivity index (χ4v) is 2.14. The zero-order valence-corrected chi connectivity index (χ0v) is 10.7. The van der Waals surface area contributed by atoms with Crippen molar-refractivity contribution in [1.29, 1.82) is 0 Å². The average molecular weight is 217 g/mol. The van der Waals surface area contributed by atoms with Gasteiger partial charge in [0.2, 0.25) is 0 Å². The molecule has 1 aliphatic carbocycles. The zero-order chi connectivity index (χ0) is 11.5. The van der Waals surface area contributed by atoms with Gasteiger partial charge in [0.25, 0.3) is 0 Å². The molecular weight excluding hydrogens is 194 g/mol. The van der Waals surface area contributed by atoms with E-state index in [4.69, 9.17) is 0 Å². The van der Waals surface area contributed by atoms with Crippen molar-refractivity contribution in [2.75, 3.05) is 0 Å². The Morgan fingerprint density at radius 1 is 1.31 bits per heavy atom. The van der Waals surface area contributed by atoms with Gasteiger partial charge in [-0.1, -0.05) is 36.8 Å². The van der Waals surface area contributed by atoms with Crippen LogP contribution in [0.15, 0.2) is 24.3 Å². The largest absolute Gasteiger partial charge is 0.311 e. The molecule has 0 spiro atoms. The van der Waals surface area contributed by atoms with Crippen molar-refractivity contribution in [3.8, 4) is 0 Å². The number of hydrogen-bond acceptors (Lipinski definition) is 1. The minimum Gasteiger partial charge on any atom is -0.311 e. The van der Waals surface area contributed by atoms with Crippen LogP contribution in [0.1, 0.15) is 37.8 Å². The Balaban J connectivity index is 1.72. The van der Waals surface area contributed by atoms with E-state index in [9.17, 15) is 0 Å². The highest BCUT2D eigenvalue weighted by Crippen LogP contribution is 2.29. The van der Waals surface area contributed by atoms with E-state index in [1.807, 2.05) is 0 Å². The number of hydrogen-bond donors (Lipinski definition) is 1. The predicted molar refractivity (Wildman–Crippen MR) is 69.7 cm³/mol. The highest BCUT2D eigenvalue weighted by atomic mass is 15.0. The van der Waals surface area contributed by atoms with Gasteiger partial charge in [-0.25, -0.2) is 0 Å². The SMILES string of the molecule is Cc1ccc(CCC(C)NC2CC2C)cc1. The van der Waals surface area contributed by atoms with E-state index in [1.165, 1.54) is 30.4 Å². The van der Waals surface area contributed by atoms with Crippen molar-refractivity contribution in [2.45, 2.75) is 52.1 Å². The van der Waals surface area contributed by atoms with Gasteiger partial charge >= 0.3 is 0 Å². The van der Waals surface area contributed by atoms with Crippen molar-refractivity contribution in [3.63, 3.8) is 0 Å². The molecule has 1 fully saturated rings. The normalized spacial score (nSPS) is 25.4. The lowest BCUT2D eigenvalue weighted by molar-refractivity contribution is 0.499. The van der Waals surface area contributed by atoms with Crippen LogP contribution in [0.3, 0.4) is 0 Å². The van der Waals surface area contributed by atoms with Crippen LogP contribution < -0.4 is 5.32 Å². The highest BCUT2D eigenvalue weighted by Gasteiger charge is 2.32. The first kappa shape index (κ1) is 11.7. The summed E-state index contributed by atoms with van der Waals surface area (Å²) in [5, 5.41) is 3.69. The van der Waals surface area contributed by atoms with Crippen LogP contribution in [0.5, 0.6) is 0 Å². The van der Waals surface area contributed by atoms with Gasteiger partial charge in [0.1, 0.15) is 0 Å². The van der Waals surface area contributed by atoms with Crippen molar-refractivity contribution in [3.05, 3.63) is 35.4 Å². The fourth-order valence-electron chi connectivity index (χ4n) is 2.14. The molecule has 0 aromatic heterocycles. The lowest BCUT2D eigenvalue weighted by atomic mass is 10.0. The third kappa shape index (κ3) is 3.34. The summed E-state index contributed by atoms with van der Waals surface area (Å²) in [5.41, 5.74) is 2.81. The van der Waals surface area contributed by atoms with Gasteiger partial charge in [-0.05, 0) is 44.6 Å². The van der Waals surface area contributed by atoms with E-state index in [2.05, 4.69) is 50.4 Å². The van der Waals surface area contributed by atoms with Gasteiger partial charge in [0.05, 0.1) is 0 Å². The molecule has 0 saturated heterocycles. The lowest BCUT2D eigenvalue weighted by Gasteiger charge is -2.13. The van der Waals surface area contributed by atoms with E-state index < -0.39 is 0 Å². The second kappa shape index (κ2) is 5.01. The molecule has 88 valence electrons. The number of benzene rings is 1. The summed E-state index contributed by atoms with van der Waals surface area (Å²) in [7, 11) is 0. The van der Waals surface area contributed by atoms with Gasteiger partial charge in [-0.3, -0.25) is 0 Å². The Kier molecular flexibility index (Phi) is 3.65. The van der Waals surface area contributed by atoms with Crippen LogP contribution in [-0.4, -0.2) is 12.1 Å². The van der Waals surface area contributed by atoms with Crippen LogP contribution in [0.4, 0.5) is 0 Å². The van der Waals surface area contributed by atoms with E-state index in [-0.39, 0.29) is 0 Å². The van der Waals surface area contributed by atoms with Crippen LogP contribution in [0.25, 0.3) is 0 Å². The Labute approximate surface area is 99.3 Å². The number of aryl methyl sites for hydroxylation is 2. The molecule has 0 bridgehead atoms. The summed E-state index contributed by atoms with van der Waals surface area (Å²) in [6, 6.07) is 10.4. The van der Waals surface area contributed by atoms with Gasteiger partial charge in [0, 0.05) is 12.1 Å². The van der Waals surface area contributed by atoms with Crippen LogP contribution in [0.2, 0.25) is 0 Å². The monoisotopic (exact) mass is 217 g/mol. The van der Waals surface area contributed by atoms with Crippen LogP contribution in [-0.2, 0) is 6.42 Å². The maximum atomic E-state index is 3.69. The lowest BCUT2D eigenvalue weighted by Crippen LogP contribution is -2.29. The van der Waals surface area contributed by atoms with Crippen molar-refractivity contribution in [1.82, 2.24) is 5.32 Å². The topological polar surface area (TPSA) is 12.0 Å². The molecule has 1 saturated carbocycles. The quantitative estimate of drug-likeness (QED) is 0.798. The van der Waals surface area contributed by atoms with Crippen molar-refractivity contribution in [2.24, 2.45) is 5.92 Å². The summed E-state index contributed by atoms with van der Waals surface area (Å²) in [6.45, 7) is 6.77. The Morgan fingerprint density at radius 2 is 1.94 bits per heavy atom. The van der Waals surface area contributed by atoms with E-state index in [0.717, 1.165) is 12.0 Å². The minimum atomic E-state index is 0.649. The molecule has 3 atom stereocenters. The van der Waals surface area contributed by atoms with Crippen molar-refractivity contribution >= 4 is 0 Å². The molecule has 3 unspecified atom stereocenters. The van der Waals surface area contributed by atoms with E-state index in [0.29, 0.717) is 6.04 Å². The molecule has 1 heteroatoms. The molecule has 1 nitrogen and oxygen atoms in total. The van der Waals surface area contributed by atoms with E-state index in [1.54, 1.807) is 0 Å². The van der Waals surface area contributed by atoms with Gasteiger partial charge < -0.3 is 5.32 Å². The first-order valence-corrected chi connectivity index (χ1v) is 6.47. The third-order valence-electron chi connectivity index (χ3n) is 3.59. The summed E-state index contributed by atoms with van der Waals surface area (Å²) < 4.78 is 0. The second-order valence-corrected chi connectivity index (χ2v) is 5.41. The summed E-state index contributed by atoms with van der Waals surface area (Å²) in [6.07, 6.45) is 3.80. The standard InChI is InChI=1S/C15H23N/c1-11-4-7-14(8-5-11)9-6-13(3)16-15-10-12(15)2/h4-5,7-8,12-13,15-16H,6,9-10H2,1-3H3. The second-order valence-electron chi connectivity index (χ2n) is 5.41. The van der Waals surface area contributed by atoms with Gasteiger partial charge in [0.15, 0.2) is 0 Å². The summed E-state index contributed by atoms with van der Waals surface area (Å²) in [4.78, 5) is 0. The Bertz CT molecular complexity index is 328. The smallest absolute Gasteiger partial charge is 0.00988 e. The Hall–Kier alpha value is -0.820. The molecule has 1 N–H and O–H groups in total. The molecule has 0 heterocycles. The molecular formula is C15H23N. The highest BCUT2D eigenvalue weighted by molar-refractivity contribution is 5.21. The maximum Gasteiger partial charge on any atom is 0.00988 e. The maximum absolute atomic E-state index is 3.69. The Morgan fingerprint density at radius 3 is 2.50 bits per heavy atom. The molecule has 1 aromatic rings. The molecule has 0 radical (unpaired) electrons. The predicted octanol–water partition coefficient (Wildman–Crippen LogP) is 3.31. The molecule has 2 rings (SSSR count). The summed E-state index contributed by atoms with van der Waals surface area (Å²) >= 11 is 0. The minimum absolute atomic E-state index is 0.649. The molecule has 16 heavy (non-hydrogen) atoms. The molecule has 1 aromatic carbocycles. The molecule has 1 aliphatic rings. The van der Waals surface area contributed by atoms with E-state index >= 15 is 0 Å². The van der Waals surface area contributed by atoms with Crippen LogP contribution >= 0.6 is 0 Å². The molecule has 0 aliphatic heterocycles. The molecule has 0 amide bonds. The van der Waals surface area contributed by atoms with Crippen LogP contribution in [0, 0.1) is 12.8 Å². The zero-order valence-electron chi connectivity index (χ0n) is 10.7. The average Bonchev–Trinajstić information content (AvgIpc) is 2.93.